The molecule has 0 spiro atoms. The fraction of sp³-hybridized carbons (Fsp3) is 0.550. The number of halogens is 1. The highest BCUT2D eigenvalue weighted by Gasteiger charge is 2.38. The van der Waals surface area contributed by atoms with E-state index in [1.165, 1.54) is 0 Å². The Balaban J connectivity index is 1.50. The number of hydrogen-bond donors (Lipinski definition) is 0. The van der Waals surface area contributed by atoms with Gasteiger partial charge in [0, 0.05) is 0 Å². The molecule has 2 atom stereocenters. The van der Waals surface area contributed by atoms with Crippen molar-refractivity contribution in [2.24, 2.45) is 0 Å². The summed E-state index contributed by atoms with van der Waals surface area (Å²) in [5.41, 5.74) is 0.794. The molecule has 4 rings (SSSR count). The lowest BCUT2D eigenvalue weighted by atomic mass is 10.2. The minimum Gasteiger partial charge on any atom is -0.458 e. The van der Waals surface area contributed by atoms with Gasteiger partial charge in [-0.25, -0.2) is 19.2 Å². The summed E-state index contributed by atoms with van der Waals surface area (Å²) in [6.07, 6.45) is 2.92. The Bertz CT molecular complexity index is 987. The predicted octanol–water partition coefficient (Wildman–Crippen LogP) is 2.14. The van der Waals surface area contributed by atoms with E-state index in [9.17, 15) is 14.0 Å². The quantitative estimate of drug-likeness (QED) is 0.732. The summed E-state index contributed by atoms with van der Waals surface area (Å²) in [5, 5.41) is 4.41. The molecule has 0 radical (unpaired) electrons. The maximum absolute atomic E-state index is 13.0. The first kappa shape index (κ1) is 21.0. The summed E-state index contributed by atoms with van der Waals surface area (Å²) >= 11 is 0. The monoisotopic (exact) mass is 432 g/mol. The fourth-order valence-electron chi connectivity index (χ4n) is 3.67. The molecule has 1 saturated heterocycles. The van der Waals surface area contributed by atoms with Crippen molar-refractivity contribution in [3.05, 3.63) is 30.1 Å². The van der Waals surface area contributed by atoms with Gasteiger partial charge in [0.2, 0.25) is 5.91 Å². The molecule has 1 fully saturated rings. The summed E-state index contributed by atoms with van der Waals surface area (Å²) in [6.45, 7) is 8.46. The summed E-state index contributed by atoms with van der Waals surface area (Å²) < 4.78 is 26.0. The molecule has 2 aliphatic rings. The Morgan fingerprint density at radius 2 is 1.90 bits per heavy atom. The van der Waals surface area contributed by atoms with Crippen LogP contribution >= 0.6 is 0 Å². The smallest absolute Gasteiger partial charge is 0.410 e. The molecule has 0 saturated carbocycles. The van der Waals surface area contributed by atoms with E-state index >= 15 is 0 Å². The second-order valence-electron chi connectivity index (χ2n) is 8.75. The Morgan fingerprint density at radius 1 is 1.19 bits per heavy atom. The van der Waals surface area contributed by atoms with Crippen LogP contribution in [0.15, 0.2) is 18.6 Å². The Morgan fingerprint density at radius 3 is 2.58 bits per heavy atom. The summed E-state index contributed by atoms with van der Waals surface area (Å²) in [7, 11) is 0. The largest absolute Gasteiger partial charge is 0.458 e. The third-order valence-corrected chi connectivity index (χ3v) is 5.09. The first-order chi connectivity index (χ1) is 14.6. The number of hydrogen-bond acceptors (Lipinski definition) is 7. The zero-order chi connectivity index (χ0) is 22.3. The summed E-state index contributed by atoms with van der Waals surface area (Å²) in [5.74, 6) is -0.697. The van der Waals surface area contributed by atoms with Crippen molar-refractivity contribution in [3.8, 4) is 6.01 Å². The zero-order valence-electron chi connectivity index (χ0n) is 17.9. The van der Waals surface area contributed by atoms with Crippen LogP contribution in [-0.2, 0) is 22.6 Å². The highest BCUT2D eigenvalue weighted by Crippen LogP contribution is 2.31. The number of carbonyl (C=O) groups is 2. The van der Waals surface area contributed by atoms with Crippen LogP contribution in [0.4, 0.5) is 14.9 Å². The Kier molecular flexibility index (Phi) is 5.28. The standard InChI is InChI=1S/C20H25FN6O4/c1-12-9-27-16(11-25(12)19(29)31-20(2,3)4)15(8-24-27)26-10-14(5-17(26)28)30-18-22-6-13(21)7-23-18/h6-8,12,14H,5,9-11H2,1-4H3/t12-,14-/m0/s1. The lowest BCUT2D eigenvalue weighted by Crippen LogP contribution is -2.47. The van der Waals surface area contributed by atoms with E-state index < -0.39 is 23.6 Å². The van der Waals surface area contributed by atoms with Crippen molar-refractivity contribution >= 4 is 17.7 Å². The van der Waals surface area contributed by atoms with E-state index in [1.807, 2.05) is 32.4 Å². The van der Waals surface area contributed by atoms with E-state index in [0.29, 0.717) is 12.2 Å². The SMILES string of the molecule is C[C@H]1Cn2ncc(N3C[C@@H](Oc4ncc(F)cn4)CC3=O)c2CN1C(=O)OC(C)(C)C. The van der Waals surface area contributed by atoms with Crippen LogP contribution in [0.2, 0.25) is 0 Å². The number of aromatic nitrogens is 4. The van der Waals surface area contributed by atoms with Crippen LogP contribution in [0.1, 0.15) is 39.8 Å². The molecule has 11 heteroatoms. The van der Waals surface area contributed by atoms with Gasteiger partial charge in [0.25, 0.3) is 0 Å². The van der Waals surface area contributed by atoms with Crippen molar-refractivity contribution < 1.29 is 23.5 Å². The molecule has 2 aromatic rings. The van der Waals surface area contributed by atoms with Crippen LogP contribution in [0.25, 0.3) is 0 Å². The minimum absolute atomic E-state index is 0.0167. The molecule has 2 aliphatic heterocycles. The van der Waals surface area contributed by atoms with Gasteiger partial charge in [0.15, 0.2) is 5.82 Å². The topological polar surface area (TPSA) is 103 Å². The molecule has 0 N–H and O–H groups in total. The van der Waals surface area contributed by atoms with Gasteiger partial charge in [-0.1, -0.05) is 0 Å². The van der Waals surface area contributed by atoms with Crippen LogP contribution in [-0.4, -0.2) is 60.9 Å². The van der Waals surface area contributed by atoms with E-state index in [4.69, 9.17) is 9.47 Å². The molecule has 4 heterocycles. The third-order valence-electron chi connectivity index (χ3n) is 5.09. The van der Waals surface area contributed by atoms with E-state index in [0.717, 1.165) is 18.1 Å². The van der Waals surface area contributed by atoms with Gasteiger partial charge in [-0.15, -0.1) is 0 Å². The third kappa shape index (κ3) is 4.44. The maximum atomic E-state index is 13.0. The van der Waals surface area contributed by atoms with Gasteiger partial charge < -0.3 is 14.4 Å². The molecule has 10 nitrogen and oxygen atoms in total. The Labute approximate surface area is 179 Å². The number of nitrogens with zero attached hydrogens (tertiary/aromatic N) is 6. The van der Waals surface area contributed by atoms with Crippen molar-refractivity contribution in [1.29, 1.82) is 0 Å². The van der Waals surface area contributed by atoms with Gasteiger partial charge in [-0.05, 0) is 27.7 Å². The number of rotatable bonds is 3. The van der Waals surface area contributed by atoms with Crippen LogP contribution < -0.4 is 9.64 Å². The van der Waals surface area contributed by atoms with Gasteiger partial charge in [0.1, 0.15) is 11.7 Å². The minimum atomic E-state index is -0.602. The van der Waals surface area contributed by atoms with Gasteiger partial charge in [-0.2, -0.15) is 5.10 Å². The number of carbonyl (C=O) groups excluding carboxylic acids is 2. The number of anilines is 1. The highest BCUT2D eigenvalue weighted by atomic mass is 19.1. The van der Waals surface area contributed by atoms with Crippen molar-refractivity contribution in [1.82, 2.24) is 24.6 Å². The van der Waals surface area contributed by atoms with Gasteiger partial charge in [-0.3, -0.25) is 14.4 Å². The second-order valence-corrected chi connectivity index (χ2v) is 8.75. The first-order valence-electron chi connectivity index (χ1n) is 10.1. The average molecular weight is 432 g/mol. The first-order valence-corrected chi connectivity index (χ1v) is 10.1. The van der Waals surface area contributed by atoms with Gasteiger partial charge >= 0.3 is 12.1 Å². The number of fused-ring (bicyclic) bond motifs is 1. The van der Waals surface area contributed by atoms with Crippen molar-refractivity contribution in [2.45, 2.75) is 65.0 Å². The lowest BCUT2D eigenvalue weighted by molar-refractivity contribution is -0.117. The molecule has 0 bridgehead atoms. The number of amides is 2. The normalized spacial score (nSPS) is 21.3. The lowest BCUT2D eigenvalue weighted by Gasteiger charge is -2.36. The van der Waals surface area contributed by atoms with E-state index in [2.05, 4.69) is 15.1 Å². The average Bonchev–Trinajstić information content (AvgIpc) is 3.23. The molecule has 31 heavy (non-hydrogen) atoms. The molecule has 0 unspecified atom stereocenters. The Hall–Kier alpha value is -3.24. The molecule has 0 aliphatic carbocycles. The maximum Gasteiger partial charge on any atom is 0.410 e. The second kappa shape index (κ2) is 7.78. The highest BCUT2D eigenvalue weighted by molar-refractivity contribution is 5.96. The summed E-state index contributed by atoms with van der Waals surface area (Å²) in [6, 6.07) is -0.0842. The molecular formula is C20H25FN6O4. The fourth-order valence-corrected chi connectivity index (χ4v) is 3.67. The predicted molar refractivity (Wildman–Crippen MR) is 107 cm³/mol. The van der Waals surface area contributed by atoms with E-state index in [-0.39, 0.29) is 37.5 Å². The van der Waals surface area contributed by atoms with E-state index in [1.54, 1.807) is 16.0 Å². The van der Waals surface area contributed by atoms with Gasteiger partial charge in [0.05, 0.1) is 62.1 Å². The summed E-state index contributed by atoms with van der Waals surface area (Å²) in [4.78, 5) is 36.1. The molecule has 0 aromatic carbocycles. The van der Waals surface area contributed by atoms with Crippen LogP contribution in [0.3, 0.4) is 0 Å². The molecule has 2 amide bonds. The van der Waals surface area contributed by atoms with Crippen LogP contribution in [0.5, 0.6) is 6.01 Å². The molecule has 2 aromatic heterocycles. The molecule has 166 valence electrons. The van der Waals surface area contributed by atoms with Crippen molar-refractivity contribution in [3.63, 3.8) is 0 Å². The number of ether oxygens (including phenoxy) is 2. The van der Waals surface area contributed by atoms with Crippen molar-refractivity contribution in [2.75, 3.05) is 11.4 Å². The molecular weight excluding hydrogens is 407 g/mol. The van der Waals surface area contributed by atoms with Crippen LogP contribution in [0, 0.1) is 5.82 Å². The zero-order valence-corrected chi connectivity index (χ0v) is 17.9.